The monoisotopic (exact) mass is 588 g/mol. The first-order chi connectivity index (χ1) is 15.0. The molecule has 0 aliphatic heterocycles. The zero-order valence-electron chi connectivity index (χ0n) is 20.2. The summed E-state index contributed by atoms with van der Waals surface area (Å²) < 4.78 is 56.3. The van der Waals surface area contributed by atoms with Gasteiger partial charge in [-0.3, -0.25) is 0 Å². The van der Waals surface area contributed by atoms with Crippen LogP contribution in [-0.4, -0.2) is 24.1 Å². The molecule has 0 saturated carbocycles. The first-order valence-electron chi connectivity index (χ1n) is 10.1. The number of hydrogen-bond acceptors (Lipinski definition) is 2. The van der Waals surface area contributed by atoms with Crippen LogP contribution in [0.15, 0.2) is 40.8 Å². The molecule has 0 aromatic heterocycles. The average Bonchev–Trinajstić information content (AvgIpc) is 2.66. The molecular weight excluding hydrogens is 553 g/mol. The van der Waals surface area contributed by atoms with E-state index in [0.29, 0.717) is 15.6 Å². The van der Waals surface area contributed by atoms with Crippen LogP contribution >= 0.6 is 36.7 Å². The predicted octanol–water partition coefficient (Wildman–Crippen LogP) is 7.70. The van der Waals surface area contributed by atoms with Gasteiger partial charge in [0, 0.05) is 33.4 Å². The molecule has 11 heteroatoms. The number of benzene rings is 2. The standard InChI is InChI=1S/C12H17ClFNOS.C11H13ClFNOS.CH4.H2S/c1-8(15-17(16)12(2,3)4)10-6-5-9(13)7-11(10)14;1-11(2,3)16(15)14-7-8-4-5-9(12)6-10(8)13;;/h5-8,15H,1-4H3;4-7H,1-3H3;1H4;1H2/t8-,17+;16-;;/m10../s1. The Bertz CT molecular complexity index is 1040. The fourth-order valence-electron chi connectivity index (χ4n) is 2.12. The first kappa shape index (κ1) is 36.3. The highest BCUT2D eigenvalue weighted by Crippen LogP contribution is 2.22. The van der Waals surface area contributed by atoms with Gasteiger partial charge in [0.05, 0.1) is 20.5 Å². The maximum Gasteiger partial charge on any atom is 0.144 e. The molecule has 3 atom stereocenters. The Morgan fingerprint density at radius 2 is 1.40 bits per heavy atom. The van der Waals surface area contributed by atoms with Gasteiger partial charge in [-0.2, -0.15) is 17.9 Å². The SMILES string of the molecule is C.CC(C)(C)[S@](=O)N=Cc1ccc(Cl)cc1F.C[C@@H](N[S@@](=O)C(C)(C)C)c1ccc(Cl)cc1F.S. The Hall–Kier alpha value is -0.840. The van der Waals surface area contributed by atoms with Crippen LogP contribution in [-0.2, 0) is 22.0 Å². The normalized spacial score (nSPS) is 14.1. The highest BCUT2D eigenvalue weighted by atomic mass is 35.5. The van der Waals surface area contributed by atoms with Crippen molar-refractivity contribution in [1.82, 2.24) is 4.72 Å². The lowest BCUT2D eigenvalue weighted by Crippen LogP contribution is -2.35. The first-order valence-corrected chi connectivity index (χ1v) is 13.1. The topological polar surface area (TPSA) is 58.5 Å². The molecule has 0 fully saturated rings. The van der Waals surface area contributed by atoms with Crippen LogP contribution in [0.2, 0.25) is 10.0 Å². The van der Waals surface area contributed by atoms with Gasteiger partial charge in [-0.25, -0.2) is 21.9 Å². The summed E-state index contributed by atoms with van der Waals surface area (Å²) in [5, 5.41) is 0.682. The molecular formula is C24H36Cl2F2N2O2S3. The Balaban J connectivity index is 0. The molecule has 2 aromatic carbocycles. The third-order valence-corrected chi connectivity index (χ3v) is 7.54. The molecule has 2 rings (SSSR count). The molecule has 0 unspecified atom stereocenters. The molecule has 0 spiro atoms. The van der Waals surface area contributed by atoms with E-state index in [1.165, 1.54) is 24.4 Å². The fraction of sp³-hybridized carbons (Fsp3) is 0.458. The van der Waals surface area contributed by atoms with Crippen LogP contribution in [0.5, 0.6) is 0 Å². The summed E-state index contributed by atoms with van der Waals surface area (Å²) in [6, 6.07) is 8.42. The number of hydrogen-bond donors (Lipinski definition) is 1. The summed E-state index contributed by atoms with van der Waals surface area (Å²) in [5.74, 6) is -0.856. The van der Waals surface area contributed by atoms with Crippen molar-refractivity contribution in [2.75, 3.05) is 0 Å². The Labute approximate surface area is 230 Å². The van der Waals surface area contributed by atoms with Crippen molar-refractivity contribution in [1.29, 1.82) is 0 Å². The summed E-state index contributed by atoms with van der Waals surface area (Å²) in [6.07, 6.45) is 1.27. The van der Waals surface area contributed by atoms with E-state index in [4.69, 9.17) is 23.2 Å². The second-order valence-corrected chi connectivity index (χ2v) is 14.0. The largest absolute Gasteiger partial charge is 0.242 e. The minimum atomic E-state index is -1.38. The molecule has 0 aliphatic carbocycles. The maximum atomic E-state index is 13.6. The van der Waals surface area contributed by atoms with Gasteiger partial charge in [0.1, 0.15) is 22.6 Å². The third-order valence-electron chi connectivity index (χ3n) is 4.04. The fourth-order valence-corrected chi connectivity index (χ4v) is 3.77. The molecule has 0 heterocycles. The quantitative estimate of drug-likeness (QED) is 0.364. The highest BCUT2D eigenvalue weighted by Gasteiger charge is 2.23. The van der Waals surface area contributed by atoms with Gasteiger partial charge in [0.15, 0.2) is 0 Å². The third kappa shape index (κ3) is 12.8. The van der Waals surface area contributed by atoms with Gasteiger partial charge in [0.25, 0.3) is 0 Å². The second-order valence-electron chi connectivity index (χ2n) is 9.15. The van der Waals surface area contributed by atoms with Gasteiger partial charge in [0.2, 0.25) is 0 Å². The van der Waals surface area contributed by atoms with Gasteiger partial charge in [-0.1, -0.05) is 36.7 Å². The van der Waals surface area contributed by atoms with E-state index in [-0.39, 0.29) is 43.1 Å². The number of nitrogens with one attached hydrogen (secondary N) is 1. The van der Waals surface area contributed by atoms with E-state index in [9.17, 15) is 17.2 Å². The van der Waals surface area contributed by atoms with Crippen molar-refractivity contribution in [3.63, 3.8) is 0 Å². The van der Waals surface area contributed by atoms with Crippen molar-refractivity contribution in [2.45, 2.75) is 71.4 Å². The van der Waals surface area contributed by atoms with Crippen LogP contribution in [0.4, 0.5) is 8.78 Å². The molecule has 2 aromatic rings. The number of rotatable bonds is 5. The van der Waals surface area contributed by atoms with Crippen molar-refractivity contribution in [3.05, 3.63) is 69.2 Å². The van der Waals surface area contributed by atoms with Gasteiger partial charge < -0.3 is 0 Å². The minimum absolute atomic E-state index is 0. The Morgan fingerprint density at radius 3 is 1.83 bits per heavy atom. The van der Waals surface area contributed by atoms with E-state index in [1.807, 2.05) is 20.8 Å². The molecule has 4 nitrogen and oxygen atoms in total. The summed E-state index contributed by atoms with van der Waals surface area (Å²) in [4.78, 5) is 0. The summed E-state index contributed by atoms with van der Waals surface area (Å²) in [7, 11) is -2.61. The maximum absolute atomic E-state index is 13.6. The average molecular weight is 590 g/mol. The molecule has 0 radical (unpaired) electrons. The lowest BCUT2D eigenvalue weighted by Gasteiger charge is -2.22. The van der Waals surface area contributed by atoms with Crippen molar-refractivity contribution < 1.29 is 17.2 Å². The van der Waals surface area contributed by atoms with E-state index in [1.54, 1.807) is 45.9 Å². The zero-order chi connectivity index (χ0) is 25.6. The minimum Gasteiger partial charge on any atom is -0.242 e. The van der Waals surface area contributed by atoms with Crippen LogP contribution in [0.3, 0.4) is 0 Å². The van der Waals surface area contributed by atoms with Gasteiger partial charge >= 0.3 is 0 Å². The van der Waals surface area contributed by atoms with Crippen LogP contribution < -0.4 is 4.72 Å². The van der Waals surface area contributed by atoms with Crippen LogP contribution in [0.25, 0.3) is 0 Å². The summed E-state index contributed by atoms with van der Waals surface area (Å²) >= 11 is 11.3. The summed E-state index contributed by atoms with van der Waals surface area (Å²) in [6.45, 7) is 12.8. The molecule has 200 valence electrons. The molecule has 0 bridgehead atoms. The van der Waals surface area contributed by atoms with Crippen molar-refractivity contribution in [3.8, 4) is 0 Å². The van der Waals surface area contributed by atoms with E-state index in [0.717, 1.165) is 0 Å². The second kappa shape index (κ2) is 15.4. The number of nitrogens with zero attached hydrogens (tertiary/aromatic N) is 1. The van der Waals surface area contributed by atoms with Crippen LogP contribution in [0.1, 0.15) is 73.1 Å². The molecule has 1 N–H and O–H groups in total. The Morgan fingerprint density at radius 1 is 0.914 bits per heavy atom. The molecule has 0 amide bonds. The van der Waals surface area contributed by atoms with E-state index >= 15 is 0 Å². The Kier molecular flexibility index (Phi) is 16.0. The smallest absolute Gasteiger partial charge is 0.144 e. The highest BCUT2D eigenvalue weighted by molar-refractivity contribution is 7.85. The lowest BCUT2D eigenvalue weighted by molar-refractivity contribution is 0.572. The van der Waals surface area contributed by atoms with Gasteiger partial charge in [-0.05, 0) is 78.8 Å². The molecule has 0 aliphatic rings. The van der Waals surface area contributed by atoms with Crippen molar-refractivity contribution in [2.24, 2.45) is 4.40 Å². The van der Waals surface area contributed by atoms with Crippen LogP contribution in [0, 0.1) is 11.6 Å². The summed E-state index contributed by atoms with van der Waals surface area (Å²) in [5.41, 5.74) is 0.744. The molecule has 35 heavy (non-hydrogen) atoms. The predicted molar refractivity (Wildman–Crippen MR) is 155 cm³/mol. The lowest BCUT2D eigenvalue weighted by atomic mass is 10.1. The van der Waals surface area contributed by atoms with E-state index < -0.39 is 32.5 Å². The zero-order valence-corrected chi connectivity index (χ0v) is 24.4. The number of halogens is 4. The van der Waals surface area contributed by atoms with Crippen molar-refractivity contribution >= 4 is 64.9 Å². The van der Waals surface area contributed by atoms with Gasteiger partial charge in [-0.15, -0.1) is 0 Å². The molecule has 0 saturated heterocycles. The van der Waals surface area contributed by atoms with E-state index in [2.05, 4.69) is 9.12 Å².